The summed E-state index contributed by atoms with van der Waals surface area (Å²) in [5, 5.41) is 0. The first-order valence-corrected chi connectivity index (χ1v) is 5.55. The van der Waals surface area contributed by atoms with Crippen LogP contribution in [0, 0.1) is 17.3 Å². The molecule has 1 aliphatic carbocycles. The zero-order chi connectivity index (χ0) is 9.19. The molecule has 1 saturated carbocycles. The fourth-order valence-electron chi connectivity index (χ4n) is 2.80. The fourth-order valence-corrected chi connectivity index (χ4v) is 2.80. The first kappa shape index (κ1) is 10.1. The number of hydrogen-bond donors (Lipinski definition) is 0. The highest BCUT2D eigenvalue weighted by atomic mass is 14.4. The van der Waals surface area contributed by atoms with Crippen molar-refractivity contribution in [2.75, 3.05) is 0 Å². The van der Waals surface area contributed by atoms with Crippen molar-refractivity contribution in [2.24, 2.45) is 17.3 Å². The molecule has 0 aliphatic heterocycles. The SMILES string of the molecule is CCCC1CCC(C)(C)CC1C. The third-order valence-electron chi connectivity index (χ3n) is 3.53. The van der Waals surface area contributed by atoms with Gasteiger partial charge in [-0.2, -0.15) is 0 Å². The molecule has 2 unspecified atom stereocenters. The van der Waals surface area contributed by atoms with Crippen molar-refractivity contribution >= 4 is 0 Å². The lowest BCUT2D eigenvalue weighted by Gasteiger charge is -2.39. The second kappa shape index (κ2) is 3.81. The lowest BCUT2D eigenvalue weighted by atomic mass is 9.67. The molecule has 1 rings (SSSR count). The number of rotatable bonds is 2. The Balaban J connectivity index is 2.42. The minimum absolute atomic E-state index is 0.629. The van der Waals surface area contributed by atoms with E-state index in [2.05, 4.69) is 27.7 Å². The maximum Gasteiger partial charge on any atom is -0.0351 e. The van der Waals surface area contributed by atoms with Crippen molar-refractivity contribution in [3.63, 3.8) is 0 Å². The van der Waals surface area contributed by atoms with Crippen LogP contribution in [0.5, 0.6) is 0 Å². The Morgan fingerprint density at radius 3 is 2.50 bits per heavy atom. The average molecular weight is 168 g/mol. The molecule has 2 atom stereocenters. The summed E-state index contributed by atoms with van der Waals surface area (Å²) in [6, 6.07) is 0. The molecule has 0 aromatic heterocycles. The molecule has 0 radical (unpaired) electrons. The van der Waals surface area contributed by atoms with Gasteiger partial charge in [-0.15, -0.1) is 0 Å². The topological polar surface area (TPSA) is 0 Å². The summed E-state index contributed by atoms with van der Waals surface area (Å²) < 4.78 is 0. The predicted octanol–water partition coefficient (Wildman–Crippen LogP) is 4.25. The molecule has 0 amide bonds. The van der Waals surface area contributed by atoms with Gasteiger partial charge in [0.2, 0.25) is 0 Å². The quantitative estimate of drug-likeness (QED) is 0.578. The molecule has 0 heteroatoms. The molecule has 1 aliphatic rings. The Morgan fingerprint density at radius 2 is 2.00 bits per heavy atom. The summed E-state index contributed by atoms with van der Waals surface area (Å²) in [7, 11) is 0. The lowest BCUT2D eigenvalue weighted by molar-refractivity contribution is 0.123. The summed E-state index contributed by atoms with van der Waals surface area (Å²) in [5.74, 6) is 2.00. The van der Waals surface area contributed by atoms with Gasteiger partial charge in [-0.1, -0.05) is 40.5 Å². The Kier molecular flexibility index (Phi) is 3.20. The van der Waals surface area contributed by atoms with Gasteiger partial charge in [-0.25, -0.2) is 0 Å². The van der Waals surface area contributed by atoms with Crippen molar-refractivity contribution < 1.29 is 0 Å². The highest BCUT2D eigenvalue weighted by molar-refractivity contribution is 4.82. The van der Waals surface area contributed by atoms with Crippen molar-refractivity contribution in [3.05, 3.63) is 0 Å². The van der Waals surface area contributed by atoms with Gasteiger partial charge in [0.15, 0.2) is 0 Å². The van der Waals surface area contributed by atoms with Crippen LogP contribution in [-0.2, 0) is 0 Å². The molecule has 0 bridgehead atoms. The molecule has 0 nitrogen and oxygen atoms in total. The smallest absolute Gasteiger partial charge is 0.0351 e. The van der Waals surface area contributed by atoms with E-state index in [0.717, 1.165) is 11.8 Å². The maximum atomic E-state index is 2.45. The van der Waals surface area contributed by atoms with Gasteiger partial charge in [-0.3, -0.25) is 0 Å². The molecule has 0 spiro atoms. The van der Waals surface area contributed by atoms with Crippen LogP contribution in [-0.4, -0.2) is 0 Å². The first-order valence-electron chi connectivity index (χ1n) is 5.55. The first-order chi connectivity index (χ1) is 5.55. The van der Waals surface area contributed by atoms with E-state index in [1.54, 1.807) is 0 Å². The molecular formula is C12H24. The minimum Gasteiger partial charge on any atom is -0.0654 e. The predicted molar refractivity (Wildman–Crippen MR) is 55.2 cm³/mol. The molecule has 12 heavy (non-hydrogen) atoms. The number of hydrogen-bond acceptors (Lipinski definition) is 0. The molecule has 72 valence electrons. The van der Waals surface area contributed by atoms with E-state index in [4.69, 9.17) is 0 Å². The van der Waals surface area contributed by atoms with Gasteiger partial charge < -0.3 is 0 Å². The average Bonchev–Trinajstić information content (AvgIpc) is 1.94. The van der Waals surface area contributed by atoms with Gasteiger partial charge in [0.25, 0.3) is 0 Å². The van der Waals surface area contributed by atoms with E-state index in [1.807, 2.05) is 0 Å². The van der Waals surface area contributed by atoms with Gasteiger partial charge in [0, 0.05) is 0 Å². The van der Waals surface area contributed by atoms with Gasteiger partial charge >= 0.3 is 0 Å². The highest BCUT2D eigenvalue weighted by Gasteiger charge is 2.31. The van der Waals surface area contributed by atoms with E-state index in [1.165, 1.54) is 32.1 Å². The van der Waals surface area contributed by atoms with Crippen molar-refractivity contribution in [1.29, 1.82) is 0 Å². The normalized spacial score (nSPS) is 35.0. The van der Waals surface area contributed by atoms with Gasteiger partial charge in [-0.05, 0) is 36.5 Å². The van der Waals surface area contributed by atoms with Crippen LogP contribution in [0.25, 0.3) is 0 Å². The van der Waals surface area contributed by atoms with Crippen LogP contribution in [0.15, 0.2) is 0 Å². The van der Waals surface area contributed by atoms with Crippen LogP contribution >= 0.6 is 0 Å². The van der Waals surface area contributed by atoms with E-state index < -0.39 is 0 Å². The zero-order valence-electron chi connectivity index (χ0n) is 9.19. The Hall–Kier alpha value is 0. The molecule has 0 aromatic carbocycles. The summed E-state index contributed by atoms with van der Waals surface area (Å²) in [6.45, 7) is 9.60. The van der Waals surface area contributed by atoms with Crippen LogP contribution < -0.4 is 0 Å². The standard InChI is InChI=1S/C12H24/c1-5-6-11-7-8-12(3,4)9-10(11)2/h10-11H,5-9H2,1-4H3. The molecule has 0 N–H and O–H groups in total. The second-order valence-electron chi connectivity index (χ2n) is 5.43. The Morgan fingerprint density at radius 1 is 1.33 bits per heavy atom. The molecular weight excluding hydrogens is 144 g/mol. The fraction of sp³-hybridized carbons (Fsp3) is 1.00. The molecule has 0 aromatic rings. The monoisotopic (exact) mass is 168 g/mol. The van der Waals surface area contributed by atoms with Crippen LogP contribution in [0.4, 0.5) is 0 Å². The van der Waals surface area contributed by atoms with Crippen LogP contribution in [0.1, 0.15) is 59.8 Å². The van der Waals surface area contributed by atoms with Crippen molar-refractivity contribution in [3.8, 4) is 0 Å². The van der Waals surface area contributed by atoms with E-state index >= 15 is 0 Å². The van der Waals surface area contributed by atoms with Crippen LogP contribution in [0.3, 0.4) is 0 Å². The van der Waals surface area contributed by atoms with Crippen molar-refractivity contribution in [2.45, 2.75) is 59.8 Å². The maximum absolute atomic E-state index is 2.45. The summed E-state index contributed by atoms with van der Waals surface area (Å²) >= 11 is 0. The zero-order valence-corrected chi connectivity index (χ0v) is 9.19. The largest absolute Gasteiger partial charge is 0.0654 e. The Bertz CT molecular complexity index is 135. The van der Waals surface area contributed by atoms with Crippen LogP contribution in [0.2, 0.25) is 0 Å². The third kappa shape index (κ3) is 2.50. The van der Waals surface area contributed by atoms with E-state index in [9.17, 15) is 0 Å². The highest BCUT2D eigenvalue weighted by Crippen LogP contribution is 2.42. The van der Waals surface area contributed by atoms with E-state index in [0.29, 0.717) is 5.41 Å². The van der Waals surface area contributed by atoms with Crippen molar-refractivity contribution in [1.82, 2.24) is 0 Å². The lowest BCUT2D eigenvalue weighted by Crippen LogP contribution is -2.28. The summed E-state index contributed by atoms with van der Waals surface area (Å²) in [6.07, 6.45) is 7.19. The molecule has 1 fully saturated rings. The van der Waals surface area contributed by atoms with Gasteiger partial charge in [0.05, 0.1) is 0 Å². The van der Waals surface area contributed by atoms with E-state index in [-0.39, 0.29) is 0 Å². The molecule has 0 saturated heterocycles. The minimum atomic E-state index is 0.629. The second-order valence-corrected chi connectivity index (χ2v) is 5.43. The third-order valence-corrected chi connectivity index (χ3v) is 3.53. The Labute approximate surface area is 77.7 Å². The van der Waals surface area contributed by atoms with Gasteiger partial charge in [0.1, 0.15) is 0 Å². The summed E-state index contributed by atoms with van der Waals surface area (Å²) in [4.78, 5) is 0. The summed E-state index contributed by atoms with van der Waals surface area (Å²) in [5.41, 5.74) is 0.629. The molecule has 0 heterocycles.